The minimum atomic E-state index is 0.141. The van der Waals surface area contributed by atoms with Gasteiger partial charge in [0.1, 0.15) is 0 Å². The van der Waals surface area contributed by atoms with Crippen LogP contribution in [0.2, 0.25) is 0 Å². The zero-order valence-electron chi connectivity index (χ0n) is 11.0. The molecule has 1 aromatic rings. The van der Waals surface area contributed by atoms with Crippen molar-refractivity contribution < 1.29 is 4.74 Å². The number of rotatable bonds is 3. The first-order valence-corrected chi connectivity index (χ1v) is 7.75. The van der Waals surface area contributed by atoms with Gasteiger partial charge in [-0.3, -0.25) is 4.90 Å². The lowest BCUT2D eigenvalue weighted by Gasteiger charge is -2.39. The maximum atomic E-state index is 6.16. The van der Waals surface area contributed by atoms with Gasteiger partial charge in [-0.15, -0.1) is 5.10 Å². The Bertz CT molecular complexity index is 384. The van der Waals surface area contributed by atoms with Crippen molar-refractivity contribution in [1.29, 1.82) is 0 Å². The van der Waals surface area contributed by atoms with E-state index in [1.165, 1.54) is 43.8 Å². The van der Waals surface area contributed by atoms with Gasteiger partial charge in [0.25, 0.3) is 0 Å². The molecule has 0 radical (unpaired) electrons. The summed E-state index contributed by atoms with van der Waals surface area (Å²) in [5.41, 5.74) is 1.24. The van der Waals surface area contributed by atoms with Gasteiger partial charge in [0.15, 0.2) is 0 Å². The molecule has 18 heavy (non-hydrogen) atoms. The largest absolute Gasteiger partial charge is 0.373 e. The van der Waals surface area contributed by atoms with Crippen LogP contribution in [0, 0.1) is 5.92 Å². The zero-order valence-corrected chi connectivity index (χ0v) is 11.8. The predicted molar refractivity (Wildman–Crippen MR) is 71.5 cm³/mol. The molecule has 0 bridgehead atoms. The molecule has 0 saturated carbocycles. The van der Waals surface area contributed by atoms with Crippen molar-refractivity contribution in [2.75, 3.05) is 19.7 Å². The Morgan fingerprint density at radius 1 is 1.61 bits per heavy atom. The van der Waals surface area contributed by atoms with E-state index in [4.69, 9.17) is 4.74 Å². The first-order chi connectivity index (χ1) is 8.80. The van der Waals surface area contributed by atoms with Crippen LogP contribution < -0.4 is 0 Å². The van der Waals surface area contributed by atoms with Gasteiger partial charge in [-0.05, 0) is 43.3 Å². The molecule has 3 rings (SSSR count). The Hall–Kier alpha value is -0.520. The molecule has 1 spiro atoms. The second kappa shape index (κ2) is 5.23. The summed E-state index contributed by atoms with van der Waals surface area (Å²) in [6.07, 6.45) is 4.97. The van der Waals surface area contributed by atoms with E-state index in [1.807, 2.05) is 5.38 Å². The van der Waals surface area contributed by atoms with E-state index in [1.54, 1.807) is 0 Å². The van der Waals surface area contributed by atoms with E-state index < -0.39 is 0 Å². The SMILES string of the molecule is CCC1COC2(CCCN(Cc3csnn3)C2)C1. The molecule has 0 aromatic carbocycles. The molecule has 0 N–H and O–H groups in total. The average Bonchev–Trinajstić information content (AvgIpc) is 3.00. The third-order valence-corrected chi connectivity index (χ3v) is 4.83. The molecule has 2 unspecified atom stereocenters. The second-order valence-corrected chi connectivity index (χ2v) is 6.29. The van der Waals surface area contributed by atoms with E-state index >= 15 is 0 Å². The fourth-order valence-electron chi connectivity index (χ4n) is 3.29. The van der Waals surface area contributed by atoms with E-state index in [9.17, 15) is 0 Å². The molecular weight excluding hydrogens is 246 g/mol. The third kappa shape index (κ3) is 2.58. The highest BCUT2D eigenvalue weighted by molar-refractivity contribution is 7.03. The number of piperidine rings is 1. The van der Waals surface area contributed by atoms with Crippen LogP contribution >= 0.6 is 11.5 Å². The van der Waals surface area contributed by atoms with Gasteiger partial charge in [0.2, 0.25) is 0 Å². The van der Waals surface area contributed by atoms with E-state index in [-0.39, 0.29) is 5.60 Å². The van der Waals surface area contributed by atoms with Gasteiger partial charge < -0.3 is 4.74 Å². The van der Waals surface area contributed by atoms with Crippen LogP contribution in [0.5, 0.6) is 0 Å². The van der Waals surface area contributed by atoms with Crippen molar-refractivity contribution in [3.05, 3.63) is 11.1 Å². The molecule has 2 fully saturated rings. The maximum Gasteiger partial charge on any atom is 0.0895 e. The number of nitrogens with zero attached hydrogens (tertiary/aromatic N) is 3. The Balaban J connectivity index is 1.62. The fourth-order valence-corrected chi connectivity index (χ4v) is 3.74. The van der Waals surface area contributed by atoms with Gasteiger partial charge in [-0.1, -0.05) is 17.8 Å². The minimum Gasteiger partial charge on any atom is -0.373 e. The summed E-state index contributed by atoms with van der Waals surface area (Å²) >= 11 is 1.44. The lowest BCUT2D eigenvalue weighted by Crippen LogP contribution is -2.47. The first kappa shape index (κ1) is 12.5. The monoisotopic (exact) mass is 267 g/mol. The van der Waals surface area contributed by atoms with Crippen molar-refractivity contribution in [1.82, 2.24) is 14.5 Å². The summed E-state index contributed by atoms with van der Waals surface area (Å²) in [5.74, 6) is 0.769. The molecule has 2 aliphatic rings. The molecule has 5 heteroatoms. The van der Waals surface area contributed by atoms with Crippen molar-refractivity contribution in [3.63, 3.8) is 0 Å². The average molecular weight is 267 g/mol. The van der Waals surface area contributed by atoms with Gasteiger partial charge in [-0.2, -0.15) is 0 Å². The lowest BCUT2D eigenvalue weighted by molar-refractivity contribution is -0.0537. The Morgan fingerprint density at radius 2 is 2.56 bits per heavy atom. The number of aromatic nitrogens is 2. The predicted octanol–water partition coefficient (Wildman–Crippen LogP) is 2.32. The summed E-state index contributed by atoms with van der Waals surface area (Å²) in [6, 6.07) is 0. The molecule has 2 aliphatic heterocycles. The summed E-state index contributed by atoms with van der Waals surface area (Å²) in [6.45, 7) is 6.40. The van der Waals surface area contributed by atoms with Crippen LogP contribution in [0.4, 0.5) is 0 Å². The quantitative estimate of drug-likeness (QED) is 0.842. The minimum absolute atomic E-state index is 0.141. The Morgan fingerprint density at radius 3 is 3.28 bits per heavy atom. The maximum absolute atomic E-state index is 6.16. The van der Waals surface area contributed by atoms with Gasteiger partial charge in [0, 0.05) is 18.5 Å². The number of ether oxygens (including phenoxy) is 1. The van der Waals surface area contributed by atoms with Crippen LogP contribution in [0.25, 0.3) is 0 Å². The fraction of sp³-hybridized carbons (Fsp3) is 0.846. The molecule has 2 atom stereocenters. The molecular formula is C13H21N3OS. The van der Waals surface area contributed by atoms with Crippen molar-refractivity contribution in [3.8, 4) is 0 Å². The molecule has 100 valence electrons. The number of likely N-dealkylation sites (tertiary alicyclic amines) is 1. The summed E-state index contributed by atoms with van der Waals surface area (Å²) < 4.78 is 10.1. The molecule has 2 saturated heterocycles. The topological polar surface area (TPSA) is 38.2 Å². The van der Waals surface area contributed by atoms with Crippen LogP contribution in [-0.4, -0.2) is 39.8 Å². The third-order valence-electron chi connectivity index (χ3n) is 4.27. The van der Waals surface area contributed by atoms with Gasteiger partial charge in [-0.25, -0.2) is 0 Å². The van der Waals surface area contributed by atoms with Crippen molar-refractivity contribution >= 4 is 11.5 Å². The van der Waals surface area contributed by atoms with E-state index in [0.717, 1.165) is 31.3 Å². The highest BCUT2D eigenvalue weighted by Gasteiger charge is 2.42. The Labute approximate surface area is 112 Å². The highest BCUT2D eigenvalue weighted by Crippen LogP contribution is 2.38. The number of hydrogen-bond acceptors (Lipinski definition) is 5. The molecule has 0 amide bonds. The lowest BCUT2D eigenvalue weighted by atomic mass is 9.86. The molecule has 4 nitrogen and oxygen atoms in total. The van der Waals surface area contributed by atoms with E-state index in [2.05, 4.69) is 21.4 Å². The molecule has 0 aliphatic carbocycles. The second-order valence-electron chi connectivity index (χ2n) is 5.68. The van der Waals surface area contributed by atoms with Crippen molar-refractivity contribution in [2.45, 2.75) is 44.8 Å². The Kier molecular flexibility index (Phi) is 3.63. The van der Waals surface area contributed by atoms with Crippen LogP contribution in [0.1, 0.15) is 38.3 Å². The number of hydrogen-bond donors (Lipinski definition) is 0. The van der Waals surface area contributed by atoms with Gasteiger partial charge in [0.05, 0.1) is 17.9 Å². The van der Waals surface area contributed by atoms with Crippen molar-refractivity contribution in [2.24, 2.45) is 5.92 Å². The smallest absolute Gasteiger partial charge is 0.0895 e. The van der Waals surface area contributed by atoms with Gasteiger partial charge >= 0.3 is 0 Å². The highest BCUT2D eigenvalue weighted by atomic mass is 32.1. The van der Waals surface area contributed by atoms with Crippen LogP contribution in [0.15, 0.2) is 5.38 Å². The normalized spacial score (nSPS) is 33.3. The summed E-state index contributed by atoms with van der Waals surface area (Å²) in [7, 11) is 0. The standard InChI is InChI=1S/C13H21N3OS/c1-2-11-6-13(17-8-11)4-3-5-16(10-13)7-12-9-18-15-14-12/h9,11H,2-8,10H2,1H3. The first-order valence-electron chi connectivity index (χ1n) is 6.92. The summed E-state index contributed by atoms with van der Waals surface area (Å²) in [4.78, 5) is 2.48. The van der Waals surface area contributed by atoms with E-state index in [0.29, 0.717) is 0 Å². The molecule has 1 aromatic heterocycles. The van der Waals surface area contributed by atoms with Crippen LogP contribution in [0.3, 0.4) is 0 Å². The van der Waals surface area contributed by atoms with Crippen LogP contribution in [-0.2, 0) is 11.3 Å². The molecule has 3 heterocycles. The summed E-state index contributed by atoms with van der Waals surface area (Å²) in [5, 5.41) is 6.19. The zero-order chi connectivity index (χ0) is 12.4.